The summed E-state index contributed by atoms with van der Waals surface area (Å²) in [5.74, 6) is -2.99. The Morgan fingerprint density at radius 1 is 1.45 bits per heavy atom. The Bertz CT molecular complexity index is 555. The van der Waals surface area contributed by atoms with Crippen LogP contribution in [0.3, 0.4) is 0 Å². The molecule has 4 nitrogen and oxygen atoms in total. The number of piperidine rings is 1. The van der Waals surface area contributed by atoms with Crippen molar-refractivity contribution in [1.29, 1.82) is 0 Å². The van der Waals surface area contributed by atoms with Crippen LogP contribution in [0.2, 0.25) is 0 Å². The Morgan fingerprint density at radius 2 is 2.10 bits per heavy atom. The Labute approximate surface area is 126 Å². The van der Waals surface area contributed by atoms with Crippen LogP contribution in [0.15, 0.2) is 9.85 Å². The first kappa shape index (κ1) is 14.2. The highest BCUT2D eigenvalue weighted by atomic mass is 79.9. The number of rotatable bonds is 0. The minimum atomic E-state index is -2.99. The number of carboxylic acid groups (broad SMARTS) is 1. The number of alkyl halides is 2. The SMILES string of the molecule is O=C([O-])N1CCC2(CC1)OCC(F)(F)c1cc(Br)sc12. The van der Waals surface area contributed by atoms with E-state index in [1.165, 1.54) is 22.3 Å². The Hall–Kier alpha value is -0.730. The van der Waals surface area contributed by atoms with Crippen LogP contribution >= 0.6 is 27.3 Å². The van der Waals surface area contributed by atoms with Crippen LogP contribution in [0.4, 0.5) is 13.6 Å². The lowest BCUT2D eigenvalue weighted by atomic mass is 9.84. The highest BCUT2D eigenvalue weighted by molar-refractivity contribution is 9.11. The van der Waals surface area contributed by atoms with Gasteiger partial charge in [0.2, 0.25) is 0 Å². The summed E-state index contributed by atoms with van der Waals surface area (Å²) in [6.07, 6.45) is -0.484. The van der Waals surface area contributed by atoms with Crippen molar-refractivity contribution in [1.82, 2.24) is 4.90 Å². The van der Waals surface area contributed by atoms with Crippen LogP contribution in [-0.2, 0) is 16.3 Å². The maximum atomic E-state index is 13.9. The molecule has 1 spiro atoms. The molecule has 0 atom stereocenters. The van der Waals surface area contributed by atoms with Crippen LogP contribution < -0.4 is 5.11 Å². The first-order chi connectivity index (χ1) is 9.34. The highest BCUT2D eigenvalue weighted by Gasteiger charge is 2.51. The minimum absolute atomic E-state index is 0.00234. The topological polar surface area (TPSA) is 52.6 Å². The average Bonchev–Trinajstić information content (AvgIpc) is 2.80. The fourth-order valence-electron chi connectivity index (χ4n) is 2.77. The lowest BCUT2D eigenvalue weighted by molar-refractivity contribution is -0.269. The van der Waals surface area contributed by atoms with Gasteiger partial charge in [0, 0.05) is 23.5 Å². The molecule has 1 aromatic heterocycles. The van der Waals surface area contributed by atoms with Gasteiger partial charge in [0.15, 0.2) is 0 Å². The molecule has 0 N–H and O–H groups in total. The number of carbonyl (C=O) groups is 1. The quantitative estimate of drug-likeness (QED) is 0.707. The van der Waals surface area contributed by atoms with E-state index < -0.39 is 24.2 Å². The third-order valence-corrected chi connectivity index (χ3v) is 5.69. The third kappa shape index (κ3) is 2.14. The van der Waals surface area contributed by atoms with E-state index in [2.05, 4.69) is 15.9 Å². The summed E-state index contributed by atoms with van der Waals surface area (Å²) in [4.78, 5) is 12.5. The maximum absolute atomic E-state index is 13.9. The number of halogens is 3. The van der Waals surface area contributed by atoms with Crippen molar-refractivity contribution >= 4 is 33.4 Å². The number of thiophene rings is 1. The van der Waals surface area contributed by atoms with Gasteiger partial charge in [-0.05, 0) is 34.8 Å². The summed E-state index contributed by atoms with van der Waals surface area (Å²) in [5.41, 5.74) is -0.790. The van der Waals surface area contributed by atoms with Gasteiger partial charge in [-0.3, -0.25) is 0 Å². The molecule has 0 saturated carbocycles. The van der Waals surface area contributed by atoms with Gasteiger partial charge < -0.3 is 19.5 Å². The van der Waals surface area contributed by atoms with Gasteiger partial charge in [-0.25, -0.2) is 0 Å². The van der Waals surface area contributed by atoms with Crippen LogP contribution in [-0.4, -0.2) is 30.7 Å². The van der Waals surface area contributed by atoms with Crippen LogP contribution in [0.5, 0.6) is 0 Å². The second-order valence-electron chi connectivity index (χ2n) is 5.03. The summed E-state index contributed by atoms with van der Waals surface area (Å²) < 4.78 is 33.9. The number of hydrogen-bond acceptors (Lipinski definition) is 4. The van der Waals surface area contributed by atoms with E-state index in [4.69, 9.17) is 4.74 Å². The van der Waals surface area contributed by atoms with E-state index in [9.17, 15) is 18.7 Å². The Kier molecular flexibility index (Phi) is 3.30. The second-order valence-corrected chi connectivity index (χ2v) is 7.47. The van der Waals surface area contributed by atoms with Gasteiger partial charge >= 0.3 is 0 Å². The molecule has 0 aromatic carbocycles. The molecule has 0 radical (unpaired) electrons. The summed E-state index contributed by atoms with van der Waals surface area (Å²) in [5, 5.41) is 10.8. The molecular weight excluding hydrogens is 356 g/mol. The predicted molar refractivity (Wildman–Crippen MR) is 69.7 cm³/mol. The van der Waals surface area contributed by atoms with E-state index in [-0.39, 0.29) is 18.7 Å². The molecule has 1 amide bonds. The van der Waals surface area contributed by atoms with E-state index in [0.29, 0.717) is 21.5 Å². The van der Waals surface area contributed by atoms with Gasteiger partial charge in [0.05, 0.1) is 3.79 Å². The van der Waals surface area contributed by atoms with Gasteiger partial charge in [-0.2, -0.15) is 8.78 Å². The lowest BCUT2D eigenvalue weighted by Gasteiger charge is -2.45. The van der Waals surface area contributed by atoms with Crippen LogP contribution in [0.1, 0.15) is 23.3 Å². The molecule has 0 bridgehead atoms. The first-order valence-electron chi connectivity index (χ1n) is 6.12. The normalized spacial score (nSPS) is 23.6. The third-order valence-electron chi connectivity index (χ3n) is 3.87. The fourth-order valence-corrected chi connectivity index (χ4v) is 4.62. The lowest BCUT2D eigenvalue weighted by Crippen LogP contribution is -2.52. The Morgan fingerprint density at radius 3 is 2.70 bits per heavy atom. The predicted octanol–water partition coefficient (Wildman–Crippen LogP) is 2.27. The number of fused-ring (bicyclic) bond motifs is 2. The maximum Gasteiger partial charge on any atom is 0.297 e. The number of carbonyl (C=O) groups excluding carboxylic acids is 1. The first-order valence-corrected chi connectivity index (χ1v) is 7.73. The molecule has 1 aromatic rings. The van der Waals surface area contributed by atoms with Crippen LogP contribution in [0.25, 0.3) is 0 Å². The largest absolute Gasteiger partial charge is 0.530 e. The van der Waals surface area contributed by atoms with Crippen molar-refractivity contribution in [3.8, 4) is 0 Å². The highest BCUT2D eigenvalue weighted by Crippen LogP contribution is 2.52. The Balaban J connectivity index is 1.94. The van der Waals surface area contributed by atoms with Gasteiger partial charge in [-0.1, -0.05) is 0 Å². The minimum Gasteiger partial charge on any atom is -0.530 e. The smallest absolute Gasteiger partial charge is 0.297 e. The molecule has 110 valence electrons. The van der Waals surface area contributed by atoms with Crippen LogP contribution in [0, 0.1) is 0 Å². The zero-order valence-electron chi connectivity index (χ0n) is 10.3. The molecule has 2 aliphatic rings. The fraction of sp³-hybridized carbons (Fsp3) is 0.583. The summed E-state index contributed by atoms with van der Waals surface area (Å²) in [7, 11) is 0. The zero-order valence-corrected chi connectivity index (χ0v) is 12.7. The van der Waals surface area contributed by atoms with Gasteiger partial charge in [0.1, 0.15) is 18.3 Å². The average molecular weight is 367 g/mol. The summed E-state index contributed by atoms with van der Waals surface area (Å²) in [6.45, 7) is -0.180. The summed E-state index contributed by atoms with van der Waals surface area (Å²) >= 11 is 4.48. The molecule has 20 heavy (non-hydrogen) atoms. The molecular formula is C12H11BrF2NO3S-. The number of likely N-dealkylation sites (tertiary alicyclic amines) is 1. The molecule has 8 heteroatoms. The van der Waals surface area contributed by atoms with E-state index >= 15 is 0 Å². The number of hydrogen-bond donors (Lipinski definition) is 0. The van der Waals surface area contributed by atoms with Crippen molar-refractivity contribution < 1.29 is 23.4 Å². The van der Waals surface area contributed by atoms with E-state index in [1.807, 2.05) is 0 Å². The molecule has 0 aliphatic carbocycles. The second kappa shape index (κ2) is 4.64. The van der Waals surface area contributed by atoms with Crippen molar-refractivity contribution in [2.75, 3.05) is 19.7 Å². The molecule has 3 rings (SSSR count). The molecule has 3 heterocycles. The standard InChI is InChI=1S/C12H12BrF2NO3S/c13-8-5-7-9(20-8)11(19-6-12(7,14)15)1-3-16(4-2-11)10(17)18/h5H,1-4,6H2,(H,17,18)/p-1. The molecule has 0 unspecified atom stereocenters. The molecule has 1 saturated heterocycles. The van der Waals surface area contributed by atoms with Crippen molar-refractivity contribution in [2.45, 2.75) is 24.4 Å². The van der Waals surface area contributed by atoms with Crippen molar-refractivity contribution in [3.05, 3.63) is 20.3 Å². The molecule has 2 aliphatic heterocycles. The van der Waals surface area contributed by atoms with Crippen molar-refractivity contribution in [3.63, 3.8) is 0 Å². The van der Waals surface area contributed by atoms with E-state index in [1.54, 1.807) is 0 Å². The van der Waals surface area contributed by atoms with Crippen molar-refractivity contribution in [2.24, 2.45) is 0 Å². The van der Waals surface area contributed by atoms with Gasteiger partial charge in [0.25, 0.3) is 5.92 Å². The number of amides is 1. The van der Waals surface area contributed by atoms with E-state index in [0.717, 1.165) is 0 Å². The zero-order chi connectivity index (χ0) is 14.5. The monoisotopic (exact) mass is 366 g/mol. The molecule has 1 fully saturated rings. The number of ether oxygens (including phenoxy) is 1. The van der Waals surface area contributed by atoms with Gasteiger partial charge in [-0.15, -0.1) is 11.3 Å². The number of nitrogens with zero attached hydrogens (tertiary/aromatic N) is 1. The summed E-state index contributed by atoms with van der Waals surface area (Å²) in [6, 6.07) is 1.44.